The highest BCUT2D eigenvalue weighted by Crippen LogP contribution is 2.26. The van der Waals surface area contributed by atoms with Gasteiger partial charge in [-0.2, -0.15) is 0 Å². The average Bonchev–Trinajstić information content (AvgIpc) is 2.97. The standard InChI is InChI=1S/C11H14N4O/c1-12-10-8-2-4-13-11(8)15-9(14-10)7-3-5-16-6-7/h2,4,7H,3,5-6H2,1H3,(H2,12,13,14,15). The molecule has 1 aliphatic heterocycles. The lowest BCUT2D eigenvalue weighted by Gasteiger charge is -2.08. The minimum atomic E-state index is 0.333. The summed E-state index contributed by atoms with van der Waals surface area (Å²) in [5.41, 5.74) is 0.890. The van der Waals surface area contributed by atoms with Crippen molar-refractivity contribution < 1.29 is 4.74 Å². The molecule has 0 aromatic carbocycles. The van der Waals surface area contributed by atoms with Crippen LogP contribution >= 0.6 is 0 Å². The summed E-state index contributed by atoms with van der Waals surface area (Å²) in [6.07, 6.45) is 2.89. The van der Waals surface area contributed by atoms with E-state index in [0.717, 1.165) is 42.3 Å². The Balaban J connectivity index is 2.10. The molecule has 1 atom stereocenters. The van der Waals surface area contributed by atoms with Gasteiger partial charge in [-0.05, 0) is 12.5 Å². The number of aromatic amines is 1. The third kappa shape index (κ3) is 1.44. The number of fused-ring (bicyclic) bond motifs is 1. The third-order valence-electron chi connectivity index (χ3n) is 2.96. The fraction of sp³-hybridized carbons (Fsp3) is 0.455. The molecule has 3 rings (SSSR count). The first kappa shape index (κ1) is 9.59. The van der Waals surface area contributed by atoms with Crippen LogP contribution in [0.5, 0.6) is 0 Å². The van der Waals surface area contributed by atoms with Crippen molar-refractivity contribution in [3.63, 3.8) is 0 Å². The summed E-state index contributed by atoms with van der Waals surface area (Å²) in [5.74, 6) is 2.09. The summed E-state index contributed by atoms with van der Waals surface area (Å²) in [6.45, 7) is 1.54. The van der Waals surface area contributed by atoms with Crippen LogP contribution in [0.25, 0.3) is 11.0 Å². The van der Waals surface area contributed by atoms with Crippen LogP contribution in [0, 0.1) is 0 Å². The Labute approximate surface area is 93.2 Å². The lowest BCUT2D eigenvalue weighted by molar-refractivity contribution is 0.193. The Kier molecular flexibility index (Phi) is 2.25. The number of anilines is 1. The highest BCUT2D eigenvalue weighted by molar-refractivity contribution is 5.86. The van der Waals surface area contributed by atoms with Gasteiger partial charge in [-0.25, -0.2) is 9.97 Å². The molecule has 2 aromatic rings. The second-order valence-electron chi connectivity index (χ2n) is 3.98. The molecule has 2 N–H and O–H groups in total. The molecule has 0 radical (unpaired) electrons. The van der Waals surface area contributed by atoms with Crippen molar-refractivity contribution >= 4 is 16.9 Å². The highest BCUT2D eigenvalue weighted by atomic mass is 16.5. The number of hydrogen-bond donors (Lipinski definition) is 2. The molecular formula is C11H14N4O. The summed E-state index contributed by atoms with van der Waals surface area (Å²) < 4.78 is 5.37. The van der Waals surface area contributed by atoms with Gasteiger partial charge in [-0.1, -0.05) is 0 Å². The smallest absolute Gasteiger partial charge is 0.143 e. The van der Waals surface area contributed by atoms with E-state index in [1.165, 1.54) is 0 Å². The Morgan fingerprint density at radius 1 is 1.50 bits per heavy atom. The van der Waals surface area contributed by atoms with Gasteiger partial charge in [-0.15, -0.1) is 0 Å². The number of H-pyrrole nitrogens is 1. The Morgan fingerprint density at radius 2 is 2.44 bits per heavy atom. The van der Waals surface area contributed by atoms with Crippen LogP contribution < -0.4 is 5.32 Å². The highest BCUT2D eigenvalue weighted by Gasteiger charge is 2.22. The zero-order chi connectivity index (χ0) is 11.0. The first-order chi connectivity index (χ1) is 7.88. The molecule has 5 heteroatoms. The molecule has 0 saturated carbocycles. The van der Waals surface area contributed by atoms with Crippen molar-refractivity contribution in [3.8, 4) is 0 Å². The van der Waals surface area contributed by atoms with E-state index in [1.807, 2.05) is 19.3 Å². The molecule has 16 heavy (non-hydrogen) atoms. The van der Waals surface area contributed by atoms with Crippen molar-refractivity contribution in [3.05, 3.63) is 18.1 Å². The molecule has 84 valence electrons. The molecule has 1 saturated heterocycles. The van der Waals surface area contributed by atoms with Gasteiger partial charge >= 0.3 is 0 Å². The third-order valence-corrected chi connectivity index (χ3v) is 2.96. The molecule has 1 aliphatic rings. The van der Waals surface area contributed by atoms with Gasteiger partial charge in [0.1, 0.15) is 17.3 Å². The summed E-state index contributed by atoms with van der Waals surface area (Å²) >= 11 is 0. The predicted octanol–water partition coefficient (Wildman–Crippen LogP) is 1.50. The first-order valence-corrected chi connectivity index (χ1v) is 5.49. The van der Waals surface area contributed by atoms with Gasteiger partial charge in [0.15, 0.2) is 0 Å². The van der Waals surface area contributed by atoms with Crippen LogP contribution in [0.1, 0.15) is 18.2 Å². The van der Waals surface area contributed by atoms with Gasteiger partial charge in [0, 0.05) is 25.8 Å². The lowest BCUT2D eigenvalue weighted by Crippen LogP contribution is -2.06. The van der Waals surface area contributed by atoms with E-state index >= 15 is 0 Å². The van der Waals surface area contributed by atoms with Crippen LogP contribution in [0.2, 0.25) is 0 Å². The van der Waals surface area contributed by atoms with E-state index in [0.29, 0.717) is 5.92 Å². The Hall–Kier alpha value is -1.62. The van der Waals surface area contributed by atoms with E-state index in [2.05, 4.69) is 20.3 Å². The largest absolute Gasteiger partial charge is 0.381 e. The molecular weight excluding hydrogens is 204 g/mol. The van der Waals surface area contributed by atoms with Crippen LogP contribution in [-0.2, 0) is 4.74 Å². The molecule has 5 nitrogen and oxygen atoms in total. The zero-order valence-corrected chi connectivity index (χ0v) is 9.16. The maximum Gasteiger partial charge on any atom is 0.143 e. The summed E-state index contributed by atoms with van der Waals surface area (Å²) in [6, 6.07) is 1.98. The molecule has 0 bridgehead atoms. The van der Waals surface area contributed by atoms with E-state index < -0.39 is 0 Å². The van der Waals surface area contributed by atoms with Gasteiger partial charge in [0.25, 0.3) is 0 Å². The monoisotopic (exact) mass is 218 g/mol. The number of aromatic nitrogens is 3. The van der Waals surface area contributed by atoms with Crippen molar-refractivity contribution in [1.82, 2.24) is 15.0 Å². The van der Waals surface area contributed by atoms with Crippen molar-refractivity contribution in [2.75, 3.05) is 25.6 Å². The fourth-order valence-electron chi connectivity index (χ4n) is 2.07. The van der Waals surface area contributed by atoms with Crippen molar-refractivity contribution in [2.45, 2.75) is 12.3 Å². The maximum absolute atomic E-state index is 5.37. The van der Waals surface area contributed by atoms with Crippen LogP contribution in [0.4, 0.5) is 5.82 Å². The molecule has 1 unspecified atom stereocenters. The number of hydrogen-bond acceptors (Lipinski definition) is 4. The van der Waals surface area contributed by atoms with Crippen LogP contribution in [0.15, 0.2) is 12.3 Å². The van der Waals surface area contributed by atoms with Gasteiger partial charge in [-0.3, -0.25) is 0 Å². The minimum Gasteiger partial charge on any atom is -0.381 e. The van der Waals surface area contributed by atoms with Gasteiger partial charge < -0.3 is 15.0 Å². The molecule has 2 aromatic heterocycles. The minimum absolute atomic E-state index is 0.333. The van der Waals surface area contributed by atoms with E-state index in [4.69, 9.17) is 4.74 Å². The van der Waals surface area contributed by atoms with E-state index in [-0.39, 0.29) is 0 Å². The molecule has 0 aliphatic carbocycles. The first-order valence-electron chi connectivity index (χ1n) is 5.49. The number of nitrogens with zero attached hydrogens (tertiary/aromatic N) is 2. The number of nitrogens with one attached hydrogen (secondary N) is 2. The predicted molar refractivity (Wildman–Crippen MR) is 61.6 cm³/mol. The number of ether oxygens (including phenoxy) is 1. The Morgan fingerprint density at radius 3 is 3.19 bits per heavy atom. The SMILES string of the molecule is CNc1nc(C2CCOC2)nc2[nH]ccc12. The van der Waals surface area contributed by atoms with Crippen LogP contribution in [-0.4, -0.2) is 35.2 Å². The second-order valence-corrected chi connectivity index (χ2v) is 3.98. The van der Waals surface area contributed by atoms with Gasteiger partial charge in [0.2, 0.25) is 0 Å². The van der Waals surface area contributed by atoms with Crippen molar-refractivity contribution in [1.29, 1.82) is 0 Å². The Bertz CT molecular complexity index is 502. The molecule has 0 amide bonds. The maximum atomic E-state index is 5.37. The second kappa shape index (κ2) is 3.75. The lowest BCUT2D eigenvalue weighted by atomic mass is 10.1. The molecule has 3 heterocycles. The van der Waals surface area contributed by atoms with E-state index in [1.54, 1.807) is 0 Å². The number of rotatable bonds is 2. The normalized spacial score (nSPS) is 20.4. The summed E-state index contributed by atoms with van der Waals surface area (Å²) in [7, 11) is 1.88. The quantitative estimate of drug-likeness (QED) is 0.802. The summed E-state index contributed by atoms with van der Waals surface area (Å²) in [5, 5.41) is 4.14. The molecule has 1 fully saturated rings. The summed E-state index contributed by atoms with van der Waals surface area (Å²) in [4.78, 5) is 12.2. The van der Waals surface area contributed by atoms with E-state index in [9.17, 15) is 0 Å². The zero-order valence-electron chi connectivity index (χ0n) is 9.16. The van der Waals surface area contributed by atoms with Gasteiger partial charge in [0.05, 0.1) is 12.0 Å². The molecule has 0 spiro atoms. The average molecular weight is 218 g/mol. The fourth-order valence-corrected chi connectivity index (χ4v) is 2.07. The topological polar surface area (TPSA) is 62.8 Å². The van der Waals surface area contributed by atoms with Crippen molar-refractivity contribution in [2.24, 2.45) is 0 Å². The van der Waals surface area contributed by atoms with Crippen LogP contribution in [0.3, 0.4) is 0 Å².